The Morgan fingerprint density at radius 3 is 2.67 bits per heavy atom. The number of fused-ring (bicyclic) bond motifs is 1. The Morgan fingerprint density at radius 1 is 1.22 bits per heavy atom. The summed E-state index contributed by atoms with van der Waals surface area (Å²) in [5.74, 6) is -1.52. The molecule has 1 heterocycles. The van der Waals surface area contributed by atoms with E-state index in [1.54, 1.807) is 6.07 Å². The Kier molecular flexibility index (Phi) is 4.83. The van der Waals surface area contributed by atoms with E-state index in [4.69, 9.17) is 0 Å². The van der Waals surface area contributed by atoms with Crippen LogP contribution in [0.3, 0.4) is 0 Å². The third-order valence-electron chi connectivity index (χ3n) is 4.79. The number of carbonyl (C=O) groups is 1. The fourth-order valence-corrected chi connectivity index (χ4v) is 3.14. The van der Waals surface area contributed by atoms with Gasteiger partial charge in [0.25, 0.3) is 5.91 Å². The molecule has 27 heavy (non-hydrogen) atoms. The van der Waals surface area contributed by atoms with Crippen LogP contribution in [0, 0.1) is 11.6 Å². The lowest BCUT2D eigenvalue weighted by molar-refractivity contribution is 0.0954. The number of likely N-dealkylation sites (N-methyl/N-ethyl adjacent to an activating group) is 1. The van der Waals surface area contributed by atoms with Crippen molar-refractivity contribution in [1.82, 2.24) is 5.43 Å². The summed E-state index contributed by atoms with van der Waals surface area (Å²) in [6.45, 7) is 6.11. The van der Waals surface area contributed by atoms with Gasteiger partial charge in [-0.05, 0) is 56.7 Å². The minimum absolute atomic E-state index is 0.140. The highest BCUT2D eigenvalue weighted by Gasteiger charge is 2.29. The molecule has 6 heteroatoms. The van der Waals surface area contributed by atoms with Gasteiger partial charge in [0.1, 0.15) is 11.6 Å². The van der Waals surface area contributed by atoms with Crippen LogP contribution in [0.2, 0.25) is 0 Å². The zero-order chi connectivity index (χ0) is 19.8. The number of hydrogen-bond acceptors (Lipinski definition) is 3. The molecule has 0 saturated carbocycles. The van der Waals surface area contributed by atoms with E-state index in [2.05, 4.69) is 30.5 Å². The van der Waals surface area contributed by atoms with Crippen LogP contribution in [0.1, 0.15) is 42.3 Å². The number of rotatable bonds is 3. The molecule has 0 spiro atoms. The second-order valence-electron chi connectivity index (χ2n) is 7.14. The fourth-order valence-electron chi connectivity index (χ4n) is 3.14. The summed E-state index contributed by atoms with van der Waals surface area (Å²) in [6, 6.07) is 8.44. The van der Waals surface area contributed by atoms with Crippen molar-refractivity contribution in [2.75, 3.05) is 11.9 Å². The van der Waals surface area contributed by atoms with Crippen LogP contribution in [-0.4, -0.2) is 24.7 Å². The number of hydrogen-bond donors (Lipinski definition) is 1. The van der Waals surface area contributed by atoms with E-state index < -0.39 is 17.5 Å². The second-order valence-corrected chi connectivity index (χ2v) is 7.14. The second kappa shape index (κ2) is 6.95. The van der Waals surface area contributed by atoms with E-state index in [1.165, 1.54) is 30.5 Å². The van der Waals surface area contributed by atoms with Crippen molar-refractivity contribution in [3.8, 4) is 0 Å². The fraction of sp³-hybridized carbons (Fsp3) is 0.238. The Bertz CT molecular complexity index is 964. The minimum Gasteiger partial charge on any atom is -0.365 e. The maximum absolute atomic E-state index is 14.5. The van der Waals surface area contributed by atoms with Crippen molar-refractivity contribution < 1.29 is 13.6 Å². The molecule has 1 N–H and O–H groups in total. The van der Waals surface area contributed by atoms with Gasteiger partial charge in [-0.3, -0.25) is 4.79 Å². The number of nitrogens with one attached hydrogen (secondary N) is 1. The van der Waals surface area contributed by atoms with E-state index in [-0.39, 0.29) is 16.7 Å². The van der Waals surface area contributed by atoms with Crippen molar-refractivity contribution in [3.05, 3.63) is 70.8 Å². The average Bonchev–Trinajstić information content (AvgIpc) is 2.60. The van der Waals surface area contributed by atoms with Crippen LogP contribution < -0.4 is 10.3 Å². The zero-order valence-corrected chi connectivity index (χ0v) is 15.7. The third-order valence-corrected chi connectivity index (χ3v) is 4.79. The molecule has 0 fully saturated rings. The first-order valence-electron chi connectivity index (χ1n) is 8.55. The zero-order valence-electron chi connectivity index (χ0n) is 15.7. The molecule has 4 nitrogen and oxygen atoms in total. The first-order chi connectivity index (χ1) is 12.7. The highest BCUT2D eigenvalue weighted by molar-refractivity contribution is 5.95. The largest absolute Gasteiger partial charge is 0.365 e. The van der Waals surface area contributed by atoms with Crippen LogP contribution in [-0.2, 0) is 0 Å². The minimum atomic E-state index is -0.568. The lowest BCUT2D eigenvalue weighted by Gasteiger charge is -2.40. The van der Waals surface area contributed by atoms with Gasteiger partial charge in [-0.25, -0.2) is 14.2 Å². The first kappa shape index (κ1) is 18.8. The summed E-state index contributed by atoms with van der Waals surface area (Å²) in [5.41, 5.74) is 5.24. The number of nitrogens with zero attached hydrogens (tertiary/aromatic N) is 2. The average molecular weight is 369 g/mol. The quantitative estimate of drug-likeness (QED) is 0.645. The van der Waals surface area contributed by atoms with Gasteiger partial charge in [0.05, 0.1) is 11.8 Å². The number of allylic oxidation sites excluding steroid dienone is 1. The summed E-state index contributed by atoms with van der Waals surface area (Å²) < 4.78 is 27.7. The summed E-state index contributed by atoms with van der Waals surface area (Å²) >= 11 is 0. The van der Waals surface area contributed by atoms with Crippen molar-refractivity contribution in [3.63, 3.8) is 0 Å². The Labute approximate surface area is 157 Å². The molecular weight excluding hydrogens is 348 g/mol. The maximum Gasteiger partial charge on any atom is 0.271 e. The van der Waals surface area contributed by atoms with Crippen molar-refractivity contribution in [2.45, 2.75) is 26.3 Å². The molecule has 0 aromatic heterocycles. The Hall–Kier alpha value is -3.02. The number of hydrazone groups is 1. The number of carbonyl (C=O) groups excluding carboxylic acids is 1. The van der Waals surface area contributed by atoms with Gasteiger partial charge in [-0.15, -0.1) is 0 Å². The summed E-state index contributed by atoms with van der Waals surface area (Å²) in [7, 11) is 1.92. The summed E-state index contributed by atoms with van der Waals surface area (Å²) in [6.07, 6.45) is 3.37. The molecule has 1 amide bonds. The van der Waals surface area contributed by atoms with Crippen LogP contribution >= 0.6 is 0 Å². The van der Waals surface area contributed by atoms with Gasteiger partial charge in [-0.1, -0.05) is 12.1 Å². The third kappa shape index (κ3) is 3.74. The number of benzene rings is 2. The molecular formula is C21H21F2N3O. The van der Waals surface area contributed by atoms with E-state index in [9.17, 15) is 13.6 Å². The molecule has 1 aliphatic heterocycles. The van der Waals surface area contributed by atoms with Crippen molar-refractivity contribution in [1.29, 1.82) is 0 Å². The number of halogens is 2. The van der Waals surface area contributed by atoms with Crippen LogP contribution in [0.15, 0.2) is 47.6 Å². The van der Waals surface area contributed by atoms with Crippen LogP contribution in [0.5, 0.6) is 0 Å². The molecule has 3 rings (SSSR count). The maximum atomic E-state index is 14.5. The Balaban J connectivity index is 1.83. The van der Waals surface area contributed by atoms with Crippen molar-refractivity contribution in [2.24, 2.45) is 5.10 Å². The highest BCUT2D eigenvalue weighted by atomic mass is 19.1. The van der Waals surface area contributed by atoms with Gasteiger partial charge in [0.15, 0.2) is 0 Å². The van der Waals surface area contributed by atoms with E-state index in [1.807, 2.05) is 18.9 Å². The van der Waals surface area contributed by atoms with Crippen molar-refractivity contribution >= 4 is 23.4 Å². The summed E-state index contributed by atoms with van der Waals surface area (Å²) in [4.78, 5) is 14.0. The molecule has 0 atom stereocenters. The molecule has 0 saturated heterocycles. The van der Waals surface area contributed by atoms with E-state index >= 15 is 0 Å². The van der Waals surface area contributed by atoms with Gasteiger partial charge in [-0.2, -0.15) is 5.10 Å². The lowest BCUT2D eigenvalue weighted by Crippen LogP contribution is -2.42. The molecule has 140 valence electrons. The summed E-state index contributed by atoms with van der Waals surface area (Å²) in [5, 5.41) is 3.81. The SMILES string of the molecule is CC1=CC(C)(C)N(C)c2cc(F)c(/C=N\NC(=O)c3cccc(F)c3)cc21. The smallest absolute Gasteiger partial charge is 0.271 e. The van der Waals surface area contributed by atoms with Gasteiger partial charge < -0.3 is 4.90 Å². The van der Waals surface area contributed by atoms with Gasteiger partial charge >= 0.3 is 0 Å². The molecule has 0 aliphatic carbocycles. The molecule has 0 unspecified atom stereocenters. The number of anilines is 1. The van der Waals surface area contributed by atoms with E-state index in [0.717, 1.165) is 22.9 Å². The van der Waals surface area contributed by atoms with E-state index in [0.29, 0.717) is 0 Å². The standard InChI is InChI=1S/C21H21F2N3O/c1-13-11-21(2,3)26(4)19-10-18(23)15(9-17(13)19)12-24-25-20(27)14-6-5-7-16(22)8-14/h5-12H,1-4H3,(H,25,27)/b24-12-. The van der Waals surface area contributed by atoms with Crippen LogP contribution in [0.4, 0.5) is 14.5 Å². The highest BCUT2D eigenvalue weighted by Crippen LogP contribution is 2.38. The Morgan fingerprint density at radius 2 is 1.96 bits per heavy atom. The van der Waals surface area contributed by atoms with Gasteiger partial charge in [0, 0.05) is 29.4 Å². The molecule has 2 aromatic rings. The monoisotopic (exact) mass is 369 g/mol. The molecule has 2 aromatic carbocycles. The van der Waals surface area contributed by atoms with Gasteiger partial charge in [0.2, 0.25) is 0 Å². The predicted octanol–water partition coefficient (Wildman–Crippen LogP) is 4.36. The van der Waals surface area contributed by atoms with Crippen LogP contribution in [0.25, 0.3) is 5.57 Å². The first-order valence-corrected chi connectivity index (χ1v) is 8.55. The topological polar surface area (TPSA) is 44.7 Å². The number of amides is 1. The molecule has 0 bridgehead atoms. The predicted molar refractivity (Wildman–Crippen MR) is 104 cm³/mol. The normalized spacial score (nSPS) is 15.5. The molecule has 0 radical (unpaired) electrons. The molecule has 1 aliphatic rings. The lowest BCUT2D eigenvalue weighted by atomic mass is 9.88.